The zero-order chi connectivity index (χ0) is 15.7. The van der Waals surface area contributed by atoms with E-state index in [1.807, 2.05) is 12.1 Å². The third-order valence-electron chi connectivity index (χ3n) is 3.18. The van der Waals surface area contributed by atoms with Crippen LogP contribution >= 0.6 is 0 Å². The van der Waals surface area contributed by atoms with Crippen molar-refractivity contribution in [1.82, 2.24) is 4.98 Å². The molecule has 6 heteroatoms. The van der Waals surface area contributed by atoms with Gasteiger partial charge in [0.15, 0.2) is 0 Å². The Kier molecular flexibility index (Phi) is 3.36. The van der Waals surface area contributed by atoms with Gasteiger partial charge in [-0.25, -0.2) is 0 Å². The molecule has 0 atom stereocenters. The fourth-order valence-corrected chi connectivity index (χ4v) is 2.07. The molecule has 0 fully saturated rings. The van der Waals surface area contributed by atoms with Crippen LogP contribution in [-0.4, -0.2) is 4.98 Å². The van der Waals surface area contributed by atoms with Crippen LogP contribution in [0.15, 0.2) is 54.9 Å². The molecule has 2 aromatic carbocycles. The highest BCUT2D eigenvalue weighted by Gasteiger charge is 2.30. The van der Waals surface area contributed by atoms with Crippen molar-refractivity contribution >= 4 is 16.5 Å². The number of benzene rings is 2. The number of nitrogens with two attached hydrogens (primary N) is 1. The molecule has 3 rings (SSSR count). The molecule has 0 bridgehead atoms. The second-order valence-electron chi connectivity index (χ2n) is 4.74. The second-order valence-corrected chi connectivity index (χ2v) is 4.74. The van der Waals surface area contributed by atoms with Gasteiger partial charge in [0.05, 0.1) is 11.3 Å². The van der Waals surface area contributed by atoms with Crippen LogP contribution in [0, 0.1) is 0 Å². The minimum absolute atomic E-state index is 0.0684. The molecule has 0 aliphatic heterocycles. The van der Waals surface area contributed by atoms with Crippen molar-refractivity contribution in [1.29, 1.82) is 0 Å². The first-order chi connectivity index (χ1) is 10.4. The summed E-state index contributed by atoms with van der Waals surface area (Å²) in [4.78, 5) is 4.01. The number of rotatable bonds is 2. The molecule has 0 aliphatic rings. The first kappa shape index (κ1) is 14.2. The van der Waals surface area contributed by atoms with Gasteiger partial charge >= 0.3 is 6.18 Å². The average Bonchev–Trinajstić information content (AvgIpc) is 2.48. The highest BCUT2D eigenvalue weighted by Crippen LogP contribution is 2.35. The predicted molar refractivity (Wildman–Crippen MR) is 77.7 cm³/mol. The van der Waals surface area contributed by atoms with Gasteiger partial charge in [0.1, 0.15) is 11.5 Å². The fraction of sp³-hybridized carbons (Fsp3) is 0.0625. The zero-order valence-corrected chi connectivity index (χ0v) is 11.3. The Bertz CT molecular complexity index is 831. The number of pyridine rings is 1. The molecule has 0 amide bonds. The lowest BCUT2D eigenvalue weighted by atomic mass is 10.1. The van der Waals surface area contributed by atoms with Crippen LogP contribution in [0.2, 0.25) is 0 Å². The Morgan fingerprint density at radius 2 is 1.77 bits per heavy atom. The Balaban J connectivity index is 1.91. The topological polar surface area (TPSA) is 48.1 Å². The summed E-state index contributed by atoms with van der Waals surface area (Å²) in [5.41, 5.74) is 4.77. The molecule has 3 nitrogen and oxygen atoms in total. The highest BCUT2D eigenvalue weighted by molar-refractivity contribution is 5.82. The summed E-state index contributed by atoms with van der Waals surface area (Å²) >= 11 is 0. The monoisotopic (exact) mass is 304 g/mol. The van der Waals surface area contributed by atoms with E-state index in [0.717, 1.165) is 22.9 Å². The van der Waals surface area contributed by atoms with Crippen molar-refractivity contribution in [2.45, 2.75) is 6.18 Å². The van der Waals surface area contributed by atoms with Crippen LogP contribution in [0.4, 0.5) is 18.9 Å². The number of nitrogens with zero attached hydrogens (tertiary/aromatic N) is 1. The van der Waals surface area contributed by atoms with Gasteiger partial charge in [-0.05, 0) is 41.8 Å². The zero-order valence-electron chi connectivity index (χ0n) is 11.3. The second kappa shape index (κ2) is 5.22. The van der Waals surface area contributed by atoms with Gasteiger partial charge in [0.2, 0.25) is 0 Å². The number of aromatic nitrogens is 1. The van der Waals surface area contributed by atoms with Crippen molar-refractivity contribution < 1.29 is 17.9 Å². The lowest BCUT2D eigenvalue weighted by molar-refractivity contribution is -0.137. The standard InChI is InChI=1S/C16H11F3N2O/c17-16(18,19)12-2-4-15(14(20)8-12)22-13-3-1-10-5-6-21-9-11(10)7-13/h1-9H,20H2. The largest absolute Gasteiger partial charge is 0.455 e. The molecule has 1 heterocycles. The summed E-state index contributed by atoms with van der Waals surface area (Å²) in [7, 11) is 0. The number of anilines is 1. The lowest BCUT2D eigenvalue weighted by Gasteiger charge is -2.12. The molecule has 3 aromatic rings. The molecule has 22 heavy (non-hydrogen) atoms. The summed E-state index contributed by atoms with van der Waals surface area (Å²) in [6.45, 7) is 0. The molecule has 0 aliphatic carbocycles. The Labute approximate surface area is 124 Å². The number of hydrogen-bond donors (Lipinski definition) is 1. The number of ether oxygens (including phenoxy) is 1. The van der Waals surface area contributed by atoms with Crippen LogP contribution < -0.4 is 10.5 Å². The van der Waals surface area contributed by atoms with E-state index in [-0.39, 0.29) is 11.4 Å². The van der Waals surface area contributed by atoms with Crippen LogP contribution in [-0.2, 0) is 6.18 Å². The normalized spacial score (nSPS) is 11.6. The van der Waals surface area contributed by atoms with E-state index < -0.39 is 11.7 Å². The number of hydrogen-bond acceptors (Lipinski definition) is 3. The maximum atomic E-state index is 12.6. The van der Waals surface area contributed by atoms with Gasteiger partial charge in [-0.3, -0.25) is 4.98 Å². The SMILES string of the molecule is Nc1cc(C(F)(F)F)ccc1Oc1ccc2ccncc2c1. The summed E-state index contributed by atoms with van der Waals surface area (Å²) < 4.78 is 43.4. The van der Waals surface area contributed by atoms with Gasteiger partial charge in [-0.2, -0.15) is 13.2 Å². The van der Waals surface area contributed by atoms with Crippen molar-refractivity contribution in [3.63, 3.8) is 0 Å². The van der Waals surface area contributed by atoms with Gasteiger partial charge < -0.3 is 10.5 Å². The Morgan fingerprint density at radius 3 is 2.50 bits per heavy atom. The summed E-state index contributed by atoms with van der Waals surface area (Å²) in [6, 6.07) is 10.2. The Hall–Kier alpha value is -2.76. The molecule has 0 spiro atoms. The maximum Gasteiger partial charge on any atom is 0.416 e. The molecule has 0 saturated carbocycles. The van der Waals surface area contributed by atoms with E-state index >= 15 is 0 Å². The molecule has 1 aromatic heterocycles. The molecule has 0 radical (unpaired) electrons. The van der Waals surface area contributed by atoms with Crippen molar-refractivity contribution in [3.8, 4) is 11.5 Å². The quantitative estimate of drug-likeness (QED) is 0.702. The van der Waals surface area contributed by atoms with Crippen molar-refractivity contribution in [3.05, 3.63) is 60.4 Å². The van der Waals surface area contributed by atoms with E-state index in [9.17, 15) is 13.2 Å². The lowest BCUT2D eigenvalue weighted by Crippen LogP contribution is -2.05. The van der Waals surface area contributed by atoms with Crippen molar-refractivity contribution in [2.75, 3.05) is 5.73 Å². The Morgan fingerprint density at radius 1 is 0.955 bits per heavy atom. The molecule has 2 N–H and O–H groups in total. The van der Waals surface area contributed by atoms with Gasteiger partial charge in [-0.1, -0.05) is 6.07 Å². The van der Waals surface area contributed by atoms with E-state index in [4.69, 9.17) is 10.5 Å². The van der Waals surface area contributed by atoms with E-state index in [1.54, 1.807) is 24.5 Å². The van der Waals surface area contributed by atoms with Crippen LogP contribution in [0.3, 0.4) is 0 Å². The van der Waals surface area contributed by atoms with Crippen LogP contribution in [0.5, 0.6) is 11.5 Å². The minimum Gasteiger partial charge on any atom is -0.455 e. The van der Waals surface area contributed by atoms with Gasteiger partial charge in [0, 0.05) is 17.8 Å². The number of halogens is 3. The van der Waals surface area contributed by atoms with Crippen LogP contribution in [0.1, 0.15) is 5.56 Å². The van der Waals surface area contributed by atoms with Gasteiger partial charge in [-0.15, -0.1) is 0 Å². The summed E-state index contributed by atoms with van der Waals surface area (Å²) in [5, 5.41) is 1.85. The molecular formula is C16H11F3N2O. The van der Waals surface area contributed by atoms with E-state index in [0.29, 0.717) is 5.75 Å². The highest BCUT2D eigenvalue weighted by atomic mass is 19.4. The molecule has 0 unspecified atom stereocenters. The van der Waals surface area contributed by atoms with Crippen molar-refractivity contribution in [2.24, 2.45) is 0 Å². The number of alkyl halides is 3. The van der Waals surface area contributed by atoms with Gasteiger partial charge in [0.25, 0.3) is 0 Å². The number of nitrogen functional groups attached to an aromatic ring is 1. The van der Waals surface area contributed by atoms with E-state index in [2.05, 4.69) is 4.98 Å². The van der Waals surface area contributed by atoms with Crippen LogP contribution in [0.25, 0.3) is 10.8 Å². The smallest absolute Gasteiger partial charge is 0.416 e. The number of fused-ring (bicyclic) bond motifs is 1. The summed E-state index contributed by atoms with van der Waals surface area (Å²) in [5.74, 6) is 0.656. The predicted octanol–water partition coefficient (Wildman–Crippen LogP) is 4.63. The molecular weight excluding hydrogens is 293 g/mol. The third-order valence-corrected chi connectivity index (χ3v) is 3.18. The van der Waals surface area contributed by atoms with E-state index in [1.165, 1.54) is 6.07 Å². The molecule has 0 saturated heterocycles. The minimum atomic E-state index is -4.43. The average molecular weight is 304 g/mol. The fourth-order valence-electron chi connectivity index (χ4n) is 2.07. The first-order valence-corrected chi connectivity index (χ1v) is 6.42. The first-order valence-electron chi connectivity index (χ1n) is 6.42. The third kappa shape index (κ3) is 2.81. The molecule has 112 valence electrons. The summed E-state index contributed by atoms with van der Waals surface area (Å²) in [6.07, 6.45) is -1.07. The maximum absolute atomic E-state index is 12.6.